The van der Waals surface area contributed by atoms with Gasteiger partial charge in [0.25, 0.3) is 0 Å². The maximum Gasteiger partial charge on any atom is 0.129 e. The summed E-state index contributed by atoms with van der Waals surface area (Å²) in [4.78, 5) is 21.9. The molecule has 2 aromatic rings. The van der Waals surface area contributed by atoms with Gasteiger partial charge in [-0.2, -0.15) is 0 Å². The minimum atomic E-state index is 0.256. The third-order valence-electron chi connectivity index (χ3n) is 2.84. The Hall–Kier alpha value is -0.940. The number of ketones is 1. The maximum absolute atomic E-state index is 10.9. The number of aromatic nitrogens is 2. The van der Waals surface area contributed by atoms with Crippen LogP contribution in [0.15, 0.2) is 11.4 Å². The van der Waals surface area contributed by atoms with Crippen LogP contribution in [0.25, 0.3) is 10.2 Å². The average molecular weight is 280 g/mol. The Balaban J connectivity index is 2.15. The molecule has 0 atom stereocenters. The van der Waals surface area contributed by atoms with Crippen LogP contribution in [0.3, 0.4) is 0 Å². The fourth-order valence-corrected chi connectivity index (χ4v) is 3.81. The van der Waals surface area contributed by atoms with Gasteiger partial charge in [-0.1, -0.05) is 0 Å². The SMILES string of the molecule is CC(=O)CCCSc1ncnc2sc(C)c(C)c12. The standard InChI is InChI=1S/C13H16N2OS2/c1-8(16)5-4-6-17-12-11-9(2)10(3)18-13(11)15-7-14-12/h7H,4-6H2,1-3H3. The highest BCUT2D eigenvalue weighted by Crippen LogP contribution is 2.34. The minimum absolute atomic E-state index is 0.256. The maximum atomic E-state index is 10.9. The van der Waals surface area contributed by atoms with Gasteiger partial charge >= 0.3 is 0 Å². The first kappa shape index (κ1) is 13.5. The van der Waals surface area contributed by atoms with Gasteiger partial charge in [-0.25, -0.2) is 9.97 Å². The topological polar surface area (TPSA) is 42.9 Å². The fourth-order valence-electron chi connectivity index (χ4n) is 1.75. The summed E-state index contributed by atoms with van der Waals surface area (Å²) in [6, 6.07) is 0. The third kappa shape index (κ3) is 2.90. The molecule has 2 rings (SSSR count). The quantitative estimate of drug-likeness (QED) is 0.475. The van der Waals surface area contributed by atoms with Crippen molar-refractivity contribution in [2.45, 2.75) is 38.6 Å². The van der Waals surface area contributed by atoms with Gasteiger partial charge in [0.05, 0.1) is 0 Å². The summed E-state index contributed by atoms with van der Waals surface area (Å²) < 4.78 is 0. The molecule has 0 aromatic carbocycles. The van der Waals surface area contributed by atoms with E-state index in [1.54, 1.807) is 36.3 Å². The number of fused-ring (bicyclic) bond motifs is 1. The predicted octanol–water partition coefficient (Wildman–Crippen LogP) is 3.77. The number of thioether (sulfide) groups is 1. The van der Waals surface area contributed by atoms with Crippen LogP contribution < -0.4 is 0 Å². The van der Waals surface area contributed by atoms with E-state index in [9.17, 15) is 4.79 Å². The number of carbonyl (C=O) groups is 1. The molecule has 0 aliphatic carbocycles. The van der Waals surface area contributed by atoms with Crippen molar-refractivity contribution in [1.82, 2.24) is 9.97 Å². The highest BCUT2D eigenvalue weighted by molar-refractivity contribution is 7.99. The zero-order chi connectivity index (χ0) is 13.1. The second kappa shape index (κ2) is 5.80. The summed E-state index contributed by atoms with van der Waals surface area (Å²) in [5.41, 5.74) is 1.28. The van der Waals surface area contributed by atoms with Crippen LogP contribution in [0, 0.1) is 13.8 Å². The van der Waals surface area contributed by atoms with E-state index >= 15 is 0 Å². The van der Waals surface area contributed by atoms with Crippen LogP contribution in [0.4, 0.5) is 0 Å². The Labute approximate surface area is 115 Å². The van der Waals surface area contributed by atoms with Crippen molar-refractivity contribution in [2.24, 2.45) is 0 Å². The van der Waals surface area contributed by atoms with Gasteiger partial charge in [-0.05, 0) is 38.5 Å². The Morgan fingerprint density at radius 2 is 2.17 bits per heavy atom. The number of hydrogen-bond donors (Lipinski definition) is 0. The third-order valence-corrected chi connectivity index (χ3v) is 5.03. The Morgan fingerprint density at radius 1 is 1.39 bits per heavy atom. The van der Waals surface area contributed by atoms with Crippen molar-refractivity contribution in [1.29, 1.82) is 0 Å². The lowest BCUT2D eigenvalue weighted by atomic mass is 10.2. The lowest BCUT2D eigenvalue weighted by molar-refractivity contribution is -0.117. The number of thiophene rings is 1. The van der Waals surface area contributed by atoms with Crippen LogP contribution in [0.1, 0.15) is 30.2 Å². The molecule has 18 heavy (non-hydrogen) atoms. The summed E-state index contributed by atoms with van der Waals surface area (Å²) in [7, 11) is 0. The number of nitrogens with zero attached hydrogens (tertiary/aromatic N) is 2. The second-order valence-corrected chi connectivity index (χ2v) is 6.58. The predicted molar refractivity (Wildman–Crippen MR) is 77.5 cm³/mol. The van der Waals surface area contributed by atoms with Crippen molar-refractivity contribution in [2.75, 3.05) is 5.75 Å². The molecule has 0 saturated carbocycles. The van der Waals surface area contributed by atoms with E-state index in [-0.39, 0.29) is 5.78 Å². The molecular weight excluding hydrogens is 264 g/mol. The monoisotopic (exact) mass is 280 g/mol. The second-order valence-electron chi connectivity index (χ2n) is 4.30. The molecule has 2 heterocycles. The molecule has 0 saturated heterocycles. The first-order chi connectivity index (χ1) is 8.59. The largest absolute Gasteiger partial charge is 0.300 e. The number of rotatable bonds is 5. The summed E-state index contributed by atoms with van der Waals surface area (Å²) in [5, 5.41) is 2.23. The van der Waals surface area contributed by atoms with Gasteiger partial charge in [-0.3, -0.25) is 0 Å². The highest BCUT2D eigenvalue weighted by Gasteiger charge is 2.11. The van der Waals surface area contributed by atoms with Gasteiger partial charge in [0.15, 0.2) is 0 Å². The summed E-state index contributed by atoms with van der Waals surface area (Å²) in [5.74, 6) is 1.19. The van der Waals surface area contributed by atoms with Gasteiger partial charge in [0.1, 0.15) is 22.0 Å². The lowest BCUT2D eigenvalue weighted by Gasteiger charge is -2.02. The molecular formula is C13H16N2OS2. The minimum Gasteiger partial charge on any atom is -0.300 e. The van der Waals surface area contributed by atoms with E-state index in [0.717, 1.165) is 22.0 Å². The van der Waals surface area contributed by atoms with Crippen LogP contribution in [0.2, 0.25) is 0 Å². The summed E-state index contributed by atoms with van der Waals surface area (Å²) in [6.45, 7) is 5.88. The first-order valence-corrected chi connectivity index (χ1v) is 7.72. The van der Waals surface area contributed by atoms with Crippen LogP contribution in [-0.2, 0) is 4.79 Å². The Morgan fingerprint density at radius 3 is 2.89 bits per heavy atom. The van der Waals surface area contributed by atoms with Crippen molar-refractivity contribution in [3.05, 3.63) is 16.8 Å². The fraction of sp³-hybridized carbons (Fsp3) is 0.462. The van der Waals surface area contributed by atoms with E-state index in [0.29, 0.717) is 6.42 Å². The Bertz CT molecular complexity index is 578. The molecule has 0 radical (unpaired) electrons. The zero-order valence-corrected chi connectivity index (χ0v) is 12.5. The van der Waals surface area contributed by atoms with E-state index in [2.05, 4.69) is 23.8 Å². The number of carbonyl (C=O) groups excluding carboxylic acids is 1. The molecule has 0 spiro atoms. The molecule has 0 unspecified atom stereocenters. The van der Waals surface area contributed by atoms with Gasteiger partial charge in [0, 0.05) is 16.7 Å². The van der Waals surface area contributed by atoms with E-state index in [4.69, 9.17) is 0 Å². The first-order valence-electron chi connectivity index (χ1n) is 5.92. The molecule has 3 nitrogen and oxygen atoms in total. The lowest BCUT2D eigenvalue weighted by Crippen LogP contribution is -1.92. The smallest absolute Gasteiger partial charge is 0.129 e. The van der Waals surface area contributed by atoms with E-state index in [1.165, 1.54) is 15.8 Å². The number of aryl methyl sites for hydroxylation is 2. The molecule has 0 fully saturated rings. The van der Waals surface area contributed by atoms with Crippen LogP contribution >= 0.6 is 23.1 Å². The van der Waals surface area contributed by atoms with Crippen molar-refractivity contribution >= 4 is 39.1 Å². The van der Waals surface area contributed by atoms with Crippen molar-refractivity contribution in [3.63, 3.8) is 0 Å². The van der Waals surface area contributed by atoms with Gasteiger partial charge in [0.2, 0.25) is 0 Å². The molecule has 0 N–H and O–H groups in total. The molecule has 0 aliphatic heterocycles. The van der Waals surface area contributed by atoms with E-state index < -0.39 is 0 Å². The zero-order valence-electron chi connectivity index (χ0n) is 10.8. The molecule has 0 bridgehead atoms. The normalized spacial score (nSPS) is 11.1. The van der Waals surface area contributed by atoms with Crippen molar-refractivity contribution < 1.29 is 4.79 Å². The highest BCUT2D eigenvalue weighted by atomic mass is 32.2. The van der Waals surface area contributed by atoms with Crippen LogP contribution in [0.5, 0.6) is 0 Å². The summed E-state index contributed by atoms with van der Waals surface area (Å²) in [6.07, 6.45) is 3.20. The van der Waals surface area contributed by atoms with Crippen LogP contribution in [-0.4, -0.2) is 21.5 Å². The number of hydrogen-bond acceptors (Lipinski definition) is 5. The molecule has 0 amide bonds. The Kier molecular flexibility index (Phi) is 4.35. The molecule has 2 aromatic heterocycles. The molecule has 5 heteroatoms. The average Bonchev–Trinajstić information content (AvgIpc) is 2.61. The van der Waals surface area contributed by atoms with Gasteiger partial charge in [-0.15, -0.1) is 23.1 Å². The summed E-state index contributed by atoms with van der Waals surface area (Å²) >= 11 is 3.44. The molecule has 0 aliphatic rings. The molecule has 96 valence electrons. The van der Waals surface area contributed by atoms with Gasteiger partial charge < -0.3 is 4.79 Å². The van der Waals surface area contributed by atoms with E-state index in [1.807, 2.05) is 0 Å². The van der Waals surface area contributed by atoms with Crippen molar-refractivity contribution in [3.8, 4) is 0 Å². The number of Topliss-reactive ketones (excluding diaryl/α,β-unsaturated/α-hetero) is 1.